The topological polar surface area (TPSA) is 97.3 Å². The number of carbonyl (C=O) groups excluding carboxylic acids is 1. The second-order valence-electron chi connectivity index (χ2n) is 7.91. The van der Waals surface area contributed by atoms with Crippen LogP contribution in [-0.2, 0) is 23.0 Å². The Balaban J connectivity index is 1.33. The Morgan fingerprint density at radius 1 is 1.34 bits per heavy atom. The van der Waals surface area contributed by atoms with Gasteiger partial charge in [0.25, 0.3) is 15.9 Å². The molecule has 2 aromatic carbocycles. The molecule has 1 amide bonds. The van der Waals surface area contributed by atoms with Crippen molar-refractivity contribution in [3.05, 3.63) is 47.0 Å². The van der Waals surface area contributed by atoms with Crippen LogP contribution in [0.4, 0.5) is 5.69 Å². The van der Waals surface area contributed by atoms with Crippen LogP contribution in [0.2, 0.25) is 0 Å². The van der Waals surface area contributed by atoms with Crippen LogP contribution in [0.5, 0.6) is 11.5 Å². The normalized spacial score (nSPS) is 20.0. The van der Waals surface area contributed by atoms with Gasteiger partial charge in [-0.25, -0.2) is 8.42 Å². The van der Waals surface area contributed by atoms with Gasteiger partial charge < -0.3 is 19.7 Å². The van der Waals surface area contributed by atoms with Crippen molar-refractivity contribution in [3.8, 4) is 11.5 Å². The van der Waals surface area contributed by atoms with Gasteiger partial charge in [-0.2, -0.15) is 0 Å². The fraction of sp³-hybridized carbons (Fsp3) is 0.364. The van der Waals surface area contributed by atoms with Crippen LogP contribution >= 0.6 is 11.8 Å². The minimum Gasteiger partial charge on any atom is -0.494 e. The molecule has 168 valence electrons. The molecule has 0 bridgehead atoms. The number of benzene rings is 2. The molecule has 32 heavy (non-hydrogen) atoms. The molecule has 5 rings (SSSR count). The molecule has 3 aliphatic heterocycles. The largest absolute Gasteiger partial charge is 0.494 e. The van der Waals surface area contributed by atoms with Crippen molar-refractivity contribution in [1.29, 1.82) is 0 Å². The lowest BCUT2D eigenvalue weighted by molar-refractivity contribution is 0.0950. The minimum absolute atomic E-state index is 0.00975. The van der Waals surface area contributed by atoms with Crippen molar-refractivity contribution in [3.63, 3.8) is 0 Å². The van der Waals surface area contributed by atoms with Crippen LogP contribution in [0.1, 0.15) is 35.3 Å². The first kappa shape index (κ1) is 21.1. The van der Waals surface area contributed by atoms with E-state index in [0.717, 1.165) is 39.6 Å². The molecular formula is C22H23N3O5S2. The highest BCUT2D eigenvalue weighted by Crippen LogP contribution is 2.42. The summed E-state index contributed by atoms with van der Waals surface area (Å²) in [6, 6.07) is 9.31. The summed E-state index contributed by atoms with van der Waals surface area (Å²) in [5.74, 6) is 1.37. The van der Waals surface area contributed by atoms with Gasteiger partial charge in [-0.15, -0.1) is 4.40 Å². The summed E-state index contributed by atoms with van der Waals surface area (Å²) in [6.07, 6.45) is 0.977. The summed E-state index contributed by atoms with van der Waals surface area (Å²) < 4.78 is 39.1. The third-order valence-electron chi connectivity index (χ3n) is 5.55. The van der Waals surface area contributed by atoms with Crippen molar-refractivity contribution in [2.24, 2.45) is 4.40 Å². The zero-order chi connectivity index (χ0) is 22.5. The highest BCUT2D eigenvalue weighted by molar-refractivity contribution is 8.15. The van der Waals surface area contributed by atoms with E-state index in [0.29, 0.717) is 30.4 Å². The number of amides is 1. The molecule has 0 fully saturated rings. The van der Waals surface area contributed by atoms with Gasteiger partial charge in [0.15, 0.2) is 5.17 Å². The zero-order valence-electron chi connectivity index (χ0n) is 17.8. The van der Waals surface area contributed by atoms with E-state index in [1.54, 1.807) is 12.1 Å². The van der Waals surface area contributed by atoms with Crippen LogP contribution in [0.25, 0.3) is 0 Å². The molecule has 8 nitrogen and oxygen atoms in total. The summed E-state index contributed by atoms with van der Waals surface area (Å²) in [5.41, 5.74) is 3.36. The maximum Gasteiger partial charge on any atom is 0.257 e. The fourth-order valence-corrected chi connectivity index (χ4v) is 6.36. The van der Waals surface area contributed by atoms with E-state index < -0.39 is 10.0 Å². The Morgan fingerprint density at radius 2 is 2.19 bits per heavy atom. The Labute approximate surface area is 191 Å². The van der Waals surface area contributed by atoms with E-state index in [4.69, 9.17) is 9.47 Å². The van der Waals surface area contributed by atoms with Gasteiger partial charge in [-0.1, -0.05) is 0 Å². The first-order valence-electron chi connectivity index (χ1n) is 10.5. The molecule has 0 radical (unpaired) electrons. The number of carbonyl (C=O) groups is 1. The molecule has 3 heterocycles. The van der Waals surface area contributed by atoms with Crippen LogP contribution in [0.3, 0.4) is 0 Å². The highest BCUT2D eigenvalue weighted by atomic mass is 32.2. The third kappa shape index (κ3) is 3.93. The van der Waals surface area contributed by atoms with Crippen LogP contribution in [0.15, 0.2) is 39.6 Å². The lowest BCUT2D eigenvalue weighted by Gasteiger charge is -2.22. The lowest BCUT2D eigenvalue weighted by Crippen LogP contribution is -2.35. The molecule has 0 saturated heterocycles. The molecule has 0 aliphatic carbocycles. The summed E-state index contributed by atoms with van der Waals surface area (Å²) in [7, 11) is -3.41. The Kier molecular flexibility index (Phi) is 5.29. The Hall–Kier alpha value is -2.72. The maximum atomic E-state index is 12.9. The van der Waals surface area contributed by atoms with E-state index >= 15 is 0 Å². The summed E-state index contributed by atoms with van der Waals surface area (Å²) in [5, 5.41) is 3.40. The second-order valence-corrected chi connectivity index (χ2v) is 10.7. The van der Waals surface area contributed by atoms with E-state index in [-0.39, 0.29) is 17.8 Å². The van der Waals surface area contributed by atoms with Crippen molar-refractivity contribution >= 4 is 38.5 Å². The SMILES string of the molecule is CCOc1cc2c(cc1CNC(=O)c1ccc3c(c1)SC1=NS(=O)(=O)CCN13)OC(C)C2. The number of amidine groups is 1. The zero-order valence-corrected chi connectivity index (χ0v) is 19.4. The molecule has 0 saturated carbocycles. The van der Waals surface area contributed by atoms with Gasteiger partial charge in [0, 0.05) is 41.1 Å². The minimum atomic E-state index is -3.41. The molecule has 1 unspecified atom stereocenters. The summed E-state index contributed by atoms with van der Waals surface area (Å²) in [4.78, 5) is 15.6. The quantitative estimate of drug-likeness (QED) is 0.713. The van der Waals surface area contributed by atoms with E-state index in [2.05, 4.69) is 9.71 Å². The van der Waals surface area contributed by atoms with Crippen LogP contribution in [0, 0.1) is 0 Å². The predicted molar refractivity (Wildman–Crippen MR) is 123 cm³/mol. The first-order valence-corrected chi connectivity index (χ1v) is 12.9. The number of nitrogens with zero attached hydrogens (tertiary/aromatic N) is 2. The molecular weight excluding hydrogens is 450 g/mol. The number of rotatable bonds is 5. The van der Waals surface area contributed by atoms with Gasteiger partial charge in [0.1, 0.15) is 17.6 Å². The molecule has 3 aliphatic rings. The van der Waals surface area contributed by atoms with Gasteiger partial charge in [-0.3, -0.25) is 4.79 Å². The molecule has 2 aromatic rings. The van der Waals surface area contributed by atoms with Crippen LogP contribution in [-0.4, -0.2) is 44.5 Å². The van der Waals surface area contributed by atoms with E-state index in [9.17, 15) is 13.2 Å². The summed E-state index contributed by atoms with van der Waals surface area (Å²) >= 11 is 1.27. The number of nitrogens with one attached hydrogen (secondary N) is 1. The maximum absolute atomic E-state index is 12.9. The first-order chi connectivity index (χ1) is 15.3. The Morgan fingerprint density at radius 3 is 3.00 bits per heavy atom. The average molecular weight is 474 g/mol. The smallest absolute Gasteiger partial charge is 0.257 e. The number of hydrogen-bond acceptors (Lipinski definition) is 7. The number of thioether (sulfide) groups is 1. The molecule has 1 atom stereocenters. The van der Waals surface area contributed by atoms with E-state index in [1.165, 1.54) is 11.8 Å². The van der Waals surface area contributed by atoms with Crippen molar-refractivity contribution in [2.75, 3.05) is 23.8 Å². The number of anilines is 1. The number of sulfonamides is 1. The second kappa shape index (κ2) is 8.00. The lowest BCUT2D eigenvalue weighted by atomic mass is 10.1. The standard InChI is InChI=1S/C22H23N3O5S2/c1-3-29-18-9-15-8-13(2)30-19(15)10-16(18)12-23-21(26)14-4-5-17-20(11-14)31-22-24-32(27,28)7-6-25(17)22/h4-5,9-11,13H,3,6-8,12H2,1-2H3,(H,23,26). The molecule has 10 heteroatoms. The highest BCUT2D eigenvalue weighted by Gasteiger charge is 2.33. The monoisotopic (exact) mass is 473 g/mol. The van der Waals surface area contributed by atoms with Gasteiger partial charge >= 0.3 is 0 Å². The molecule has 0 spiro atoms. The van der Waals surface area contributed by atoms with Crippen LogP contribution < -0.4 is 19.7 Å². The Bertz CT molecular complexity index is 1240. The van der Waals surface area contributed by atoms with Crippen molar-refractivity contribution < 1.29 is 22.7 Å². The van der Waals surface area contributed by atoms with E-state index in [1.807, 2.05) is 36.9 Å². The van der Waals surface area contributed by atoms with Gasteiger partial charge in [0.05, 0.1) is 18.0 Å². The van der Waals surface area contributed by atoms with Crippen molar-refractivity contribution in [2.45, 2.75) is 37.8 Å². The number of fused-ring (bicyclic) bond motifs is 4. The fourth-order valence-electron chi connectivity index (χ4n) is 4.06. The third-order valence-corrected chi connectivity index (χ3v) is 7.86. The van der Waals surface area contributed by atoms with Gasteiger partial charge in [0.2, 0.25) is 0 Å². The molecule has 1 N–H and O–H groups in total. The number of ether oxygens (including phenoxy) is 2. The number of hydrogen-bond donors (Lipinski definition) is 1. The summed E-state index contributed by atoms with van der Waals surface area (Å²) in [6.45, 7) is 5.17. The van der Waals surface area contributed by atoms with Gasteiger partial charge in [-0.05, 0) is 55.9 Å². The van der Waals surface area contributed by atoms with Crippen molar-refractivity contribution in [1.82, 2.24) is 5.32 Å². The average Bonchev–Trinajstić information content (AvgIpc) is 3.28. The molecule has 0 aromatic heterocycles. The predicted octanol–water partition coefficient (Wildman–Crippen LogP) is 2.95.